The van der Waals surface area contributed by atoms with Crippen molar-refractivity contribution in [2.75, 3.05) is 36.4 Å². The molecule has 2 aliphatic rings. The molecule has 2 aromatic rings. The molecule has 2 fully saturated rings. The van der Waals surface area contributed by atoms with E-state index in [0.717, 1.165) is 31.6 Å². The zero-order valence-electron chi connectivity index (χ0n) is 14.2. The van der Waals surface area contributed by atoms with Crippen molar-refractivity contribution in [3.8, 4) is 0 Å². The Balaban J connectivity index is 1.34. The third-order valence-electron chi connectivity index (χ3n) is 4.64. The van der Waals surface area contributed by atoms with Crippen LogP contribution in [0.2, 0.25) is 5.02 Å². The third-order valence-corrected chi connectivity index (χ3v) is 4.88. The van der Waals surface area contributed by atoms with Gasteiger partial charge in [0.25, 0.3) is 5.91 Å². The van der Waals surface area contributed by atoms with Gasteiger partial charge in [-0.3, -0.25) is 14.9 Å². The number of benzene rings is 1. The van der Waals surface area contributed by atoms with Gasteiger partial charge in [-0.1, -0.05) is 17.7 Å². The van der Waals surface area contributed by atoms with Crippen LogP contribution in [-0.2, 0) is 4.79 Å². The van der Waals surface area contributed by atoms with Gasteiger partial charge in [-0.2, -0.15) is 4.98 Å². The summed E-state index contributed by atoms with van der Waals surface area (Å²) in [6, 6.07) is 7.78. The van der Waals surface area contributed by atoms with Gasteiger partial charge >= 0.3 is 6.01 Å². The minimum atomic E-state index is -0.189. The van der Waals surface area contributed by atoms with E-state index in [-0.39, 0.29) is 29.4 Å². The van der Waals surface area contributed by atoms with Crippen molar-refractivity contribution < 1.29 is 14.0 Å². The topological polar surface area (TPSA) is 78.7 Å². The molecule has 0 radical (unpaired) electrons. The molecule has 2 amide bonds. The molecule has 1 saturated heterocycles. The number of oxazole rings is 1. The molecule has 1 aliphatic heterocycles. The molecule has 7 nitrogen and oxygen atoms in total. The summed E-state index contributed by atoms with van der Waals surface area (Å²) in [5.74, 6) is -0.229. The second-order valence-corrected chi connectivity index (χ2v) is 7.00. The summed E-state index contributed by atoms with van der Waals surface area (Å²) in [4.78, 5) is 32.4. The van der Waals surface area contributed by atoms with Crippen LogP contribution in [0, 0.1) is 5.92 Å². The quantitative estimate of drug-likeness (QED) is 0.890. The fourth-order valence-electron chi connectivity index (χ4n) is 2.98. The molecule has 1 aliphatic carbocycles. The number of hydrogen-bond donors (Lipinski definition) is 1. The molecule has 8 heteroatoms. The third kappa shape index (κ3) is 3.67. The Kier molecular flexibility index (Phi) is 4.55. The molecular weight excluding hydrogens is 356 g/mol. The Bertz CT molecular complexity index is 825. The number of nitrogens with zero attached hydrogens (tertiary/aromatic N) is 3. The van der Waals surface area contributed by atoms with Gasteiger partial charge in [0.2, 0.25) is 5.91 Å². The normalized spacial score (nSPS) is 17.3. The largest absolute Gasteiger partial charge is 0.431 e. The van der Waals surface area contributed by atoms with Crippen molar-refractivity contribution >= 4 is 35.1 Å². The van der Waals surface area contributed by atoms with E-state index < -0.39 is 0 Å². The van der Waals surface area contributed by atoms with E-state index in [1.807, 2.05) is 24.3 Å². The molecule has 1 N–H and O–H groups in total. The minimum absolute atomic E-state index is 0.0561. The van der Waals surface area contributed by atoms with E-state index >= 15 is 0 Å². The van der Waals surface area contributed by atoms with Gasteiger partial charge in [0, 0.05) is 42.8 Å². The first-order chi connectivity index (χ1) is 12.6. The SMILES string of the molecule is O=C(Nc1nc(C(=O)N2CCN(c3cccc(Cl)c3)CC2)co1)C1CC1. The summed E-state index contributed by atoms with van der Waals surface area (Å²) < 4.78 is 5.21. The van der Waals surface area contributed by atoms with Gasteiger partial charge in [0.1, 0.15) is 6.26 Å². The van der Waals surface area contributed by atoms with Crippen LogP contribution in [0.4, 0.5) is 11.7 Å². The van der Waals surface area contributed by atoms with Crippen molar-refractivity contribution in [1.82, 2.24) is 9.88 Å². The monoisotopic (exact) mass is 374 g/mol. The van der Waals surface area contributed by atoms with Crippen LogP contribution in [0.15, 0.2) is 34.9 Å². The minimum Gasteiger partial charge on any atom is -0.431 e. The van der Waals surface area contributed by atoms with Crippen molar-refractivity contribution in [1.29, 1.82) is 0 Å². The number of amides is 2. The van der Waals surface area contributed by atoms with Crippen LogP contribution in [0.5, 0.6) is 0 Å². The van der Waals surface area contributed by atoms with Gasteiger partial charge in [-0.05, 0) is 31.0 Å². The Morgan fingerprint density at radius 3 is 2.65 bits per heavy atom. The predicted molar refractivity (Wildman–Crippen MR) is 97.4 cm³/mol. The molecule has 1 saturated carbocycles. The number of halogens is 1. The average Bonchev–Trinajstić information content (AvgIpc) is 3.41. The van der Waals surface area contributed by atoms with E-state index in [4.69, 9.17) is 16.0 Å². The molecule has 0 unspecified atom stereocenters. The highest BCUT2D eigenvalue weighted by molar-refractivity contribution is 6.30. The van der Waals surface area contributed by atoms with E-state index in [9.17, 15) is 9.59 Å². The van der Waals surface area contributed by atoms with Gasteiger partial charge in [0.15, 0.2) is 5.69 Å². The first kappa shape index (κ1) is 16.9. The van der Waals surface area contributed by atoms with E-state index in [0.29, 0.717) is 18.1 Å². The zero-order valence-corrected chi connectivity index (χ0v) is 14.9. The molecule has 1 aromatic heterocycles. The van der Waals surface area contributed by atoms with Crippen LogP contribution < -0.4 is 10.2 Å². The molecule has 0 atom stereocenters. The van der Waals surface area contributed by atoms with Crippen LogP contribution in [0.25, 0.3) is 0 Å². The second-order valence-electron chi connectivity index (χ2n) is 6.56. The predicted octanol–water partition coefficient (Wildman–Crippen LogP) is 2.64. The zero-order chi connectivity index (χ0) is 18.1. The summed E-state index contributed by atoms with van der Waals surface area (Å²) >= 11 is 6.05. The summed E-state index contributed by atoms with van der Waals surface area (Å²) in [6.07, 6.45) is 3.10. The molecule has 26 heavy (non-hydrogen) atoms. The van der Waals surface area contributed by atoms with E-state index in [1.54, 1.807) is 4.90 Å². The second kappa shape index (κ2) is 6.99. The first-order valence-electron chi connectivity index (χ1n) is 8.66. The van der Waals surface area contributed by atoms with Crippen molar-refractivity contribution in [2.24, 2.45) is 5.92 Å². The number of carbonyl (C=O) groups excluding carboxylic acids is 2. The Hall–Kier alpha value is -2.54. The van der Waals surface area contributed by atoms with Gasteiger partial charge in [-0.15, -0.1) is 0 Å². The maximum absolute atomic E-state index is 12.6. The maximum atomic E-state index is 12.6. The van der Waals surface area contributed by atoms with Crippen LogP contribution >= 0.6 is 11.6 Å². The standard InChI is InChI=1S/C18H19ClN4O3/c19-13-2-1-3-14(10-13)22-6-8-23(9-7-22)17(25)15-11-26-18(20-15)21-16(24)12-4-5-12/h1-3,10-12H,4-9H2,(H,20,21,24). The lowest BCUT2D eigenvalue weighted by atomic mass is 10.2. The number of piperazine rings is 1. The number of hydrogen-bond acceptors (Lipinski definition) is 5. The van der Waals surface area contributed by atoms with E-state index in [2.05, 4.69) is 15.2 Å². The number of rotatable bonds is 4. The maximum Gasteiger partial charge on any atom is 0.302 e. The number of nitrogens with one attached hydrogen (secondary N) is 1. The fourth-order valence-corrected chi connectivity index (χ4v) is 3.17. The lowest BCUT2D eigenvalue weighted by Crippen LogP contribution is -2.48. The number of anilines is 2. The van der Waals surface area contributed by atoms with Gasteiger partial charge in [-0.25, -0.2) is 0 Å². The molecular formula is C18H19ClN4O3. The number of aromatic nitrogens is 1. The molecule has 136 valence electrons. The Labute approximate surface area is 155 Å². The average molecular weight is 375 g/mol. The lowest BCUT2D eigenvalue weighted by Gasteiger charge is -2.35. The van der Waals surface area contributed by atoms with E-state index in [1.165, 1.54) is 6.26 Å². The highest BCUT2D eigenvalue weighted by Gasteiger charge is 2.31. The van der Waals surface area contributed by atoms with Gasteiger partial charge < -0.3 is 14.2 Å². The Morgan fingerprint density at radius 1 is 1.19 bits per heavy atom. The van der Waals surface area contributed by atoms with Crippen LogP contribution in [-0.4, -0.2) is 47.9 Å². The summed E-state index contributed by atoms with van der Waals surface area (Å²) in [6.45, 7) is 2.61. The van der Waals surface area contributed by atoms with Crippen LogP contribution in [0.1, 0.15) is 23.3 Å². The van der Waals surface area contributed by atoms with Gasteiger partial charge in [0.05, 0.1) is 0 Å². The van der Waals surface area contributed by atoms with Crippen molar-refractivity contribution in [2.45, 2.75) is 12.8 Å². The van der Waals surface area contributed by atoms with Crippen molar-refractivity contribution in [3.05, 3.63) is 41.2 Å². The molecule has 4 rings (SSSR count). The lowest BCUT2D eigenvalue weighted by molar-refractivity contribution is -0.117. The first-order valence-corrected chi connectivity index (χ1v) is 9.04. The van der Waals surface area contributed by atoms with Crippen molar-refractivity contribution in [3.63, 3.8) is 0 Å². The highest BCUT2D eigenvalue weighted by Crippen LogP contribution is 2.30. The smallest absolute Gasteiger partial charge is 0.302 e. The highest BCUT2D eigenvalue weighted by atomic mass is 35.5. The Morgan fingerprint density at radius 2 is 1.96 bits per heavy atom. The molecule has 1 aromatic carbocycles. The molecule has 2 heterocycles. The van der Waals surface area contributed by atoms with Crippen LogP contribution in [0.3, 0.4) is 0 Å². The summed E-state index contributed by atoms with van der Waals surface area (Å²) in [5, 5.41) is 3.31. The molecule has 0 bridgehead atoms. The summed E-state index contributed by atoms with van der Waals surface area (Å²) in [5.41, 5.74) is 1.27. The fraction of sp³-hybridized carbons (Fsp3) is 0.389. The summed E-state index contributed by atoms with van der Waals surface area (Å²) in [7, 11) is 0. The molecule has 0 spiro atoms. The number of carbonyl (C=O) groups is 2.